The van der Waals surface area contributed by atoms with E-state index in [1.165, 1.54) is 16.8 Å². The number of halogens is 7. The smallest absolute Gasteiger partial charge is 0.475 e. The number of aryl methyl sites for hydroxylation is 2. The maximum Gasteiger partial charge on any atom is 0.490 e. The topological polar surface area (TPSA) is 174 Å². The molecule has 2 amide bonds. The van der Waals surface area contributed by atoms with Crippen molar-refractivity contribution < 1.29 is 50.9 Å². The number of carbonyl (C=O) groups is 3. The first-order chi connectivity index (χ1) is 21.4. The number of hydrogen-bond donors (Lipinski definition) is 5. The first-order valence-corrected chi connectivity index (χ1v) is 13.5. The number of fused-ring (bicyclic) bond motifs is 6. The van der Waals surface area contributed by atoms with Crippen LogP contribution in [-0.4, -0.2) is 81.6 Å². The zero-order chi connectivity index (χ0) is 34.2. The number of amides is 2. The standard InChI is InChI=1S/C23H24ClN7O.2C2HF3O2/c24-19-14-26-23-28-17-3-1-2-15(12-17)4-5-16-13-18(27-21(19)29-23)6-7-20(16)30-8-10-31(11-9-30)22(25)32;2*3-2(4,5)1(6)7/h1-3,6-7,12-14H,4-5,8-11H2,(H2,25,32)(H2,26,27,28,29);2*(H,6,7). The average molecular weight is 678 g/mol. The number of nitrogens with two attached hydrogens (primary N) is 1. The number of anilines is 5. The summed E-state index contributed by atoms with van der Waals surface area (Å²) in [6, 6.07) is 14.2. The van der Waals surface area contributed by atoms with E-state index < -0.39 is 24.3 Å². The van der Waals surface area contributed by atoms with Gasteiger partial charge < -0.3 is 36.4 Å². The molecule has 6 N–H and O–H groups in total. The van der Waals surface area contributed by atoms with E-state index in [0.717, 1.165) is 37.3 Å². The predicted octanol–water partition coefficient (Wildman–Crippen LogP) is 5.18. The number of hydrogen-bond acceptors (Lipinski definition) is 8. The Kier molecular flexibility index (Phi) is 11.5. The van der Waals surface area contributed by atoms with Crippen LogP contribution >= 0.6 is 11.6 Å². The zero-order valence-electron chi connectivity index (χ0n) is 23.5. The van der Waals surface area contributed by atoms with E-state index >= 15 is 0 Å². The molecule has 3 aromatic rings. The van der Waals surface area contributed by atoms with E-state index in [2.05, 4.69) is 49.8 Å². The van der Waals surface area contributed by atoms with Crippen LogP contribution in [0.5, 0.6) is 0 Å². The molecule has 46 heavy (non-hydrogen) atoms. The lowest BCUT2D eigenvalue weighted by Gasteiger charge is -2.36. The highest BCUT2D eigenvalue weighted by atomic mass is 35.5. The molecule has 2 aliphatic rings. The highest BCUT2D eigenvalue weighted by Gasteiger charge is 2.38. The van der Waals surface area contributed by atoms with Crippen molar-refractivity contribution in [2.75, 3.05) is 41.7 Å². The van der Waals surface area contributed by atoms with E-state index in [-0.39, 0.29) is 6.03 Å². The van der Waals surface area contributed by atoms with Crippen molar-refractivity contribution in [1.29, 1.82) is 0 Å². The molecule has 1 saturated heterocycles. The summed E-state index contributed by atoms with van der Waals surface area (Å²) < 4.78 is 63.5. The molecule has 3 heterocycles. The zero-order valence-corrected chi connectivity index (χ0v) is 24.2. The van der Waals surface area contributed by atoms with E-state index in [9.17, 15) is 31.1 Å². The molecule has 0 atom stereocenters. The number of alkyl halides is 6. The number of piperazine rings is 1. The number of carboxylic acid groups (broad SMARTS) is 2. The Morgan fingerprint density at radius 2 is 1.43 bits per heavy atom. The summed E-state index contributed by atoms with van der Waals surface area (Å²) in [5.74, 6) is -4.48. The van der Waals surface area contributed by atoms with Crippen molar-refractivity contribution in [2.24, 2.45) is 5.73 Å². The third-order valence-electron chi connectivity index (χ3n) is 6.37. The Bertz CT molecular complexity index is 1540. The van der Waals surface area contributed by atoms with Crippen LogP contribution in [0.3, 0.4) is 0 Å². The maximum absolute atomic E-state index is 11.5. The predicted molar refractivity (Wildman–Crippen MR) is 155 cm³/mol. The molecule has 1 aromatic heterocycles. The van der Waals surface area contributed by atoms with Gasteiger partial charge in [-0.3, -0.25) is 0 Å². The van der Waals surface area contributed by atoms with Crippen molar-refractivity contribution in [1.82, 2.24) is 14.9 Å². The van der Waals surface area contributed by atoms with Crippen LogP contribution in [0, 0.1) is 0 Å². The van der Waals surface area contributed by atoms with Gasteiger partial charge in [-0.05, 0) is 54.3 Å². The Labute approximate surface area is 261 Å². The van der Waals surface area contributed by atoms with Crippen LogP contribution in [-0.2, 0) is 22.4 Å². The van der Waals surface area contributed by atoms with Gasteiger partial charge in [0.2, 0.25) is 5.95 Å². The van der Waals surface area contributed by atoms with Gasteiger partial charge in [0.05, 0.1) is 6.20 Å². The van der Waals surface area contributed by atoms with Crippen molar-refractivity contribution in [2.45, 2.75) is 25.2 Å². The van der Waals surface area contributed by atoms with Crippen molar-refractivity contribution in [3.63, 3.8) is 0 Å². The van der Waals surface area contributed by atoms with Gasteiger partial charge in [-0.1, -0.05) is 23.7 Å². The second-order valence-corrected chi connectivity index (χ2v) is 10.0. The molecule has 0 saturated carbocycles. The van der Waals surface area contributed by atoms with Crippen molar-refractivity contribution in [3.8, 4) is 0 Å². The number of rotatable bonds is 1. The number of nitrogens with one attached hydrogen (secondary N) is 2. The third-order valence-corrected chi connectivity index (χ3v) is 6.65. The van der Waals surface area contributed by atoms with Crippen molar-refractivity contribution in [3.05, 3.63) is 64.8 Å². The second-order valence-electron chi connectivity index (χ2n) is 9.60. The highest BCUT2D eigenvalue weighted by Crippen LogP contribution is 2.31. The molecule has 1 fully saturated rings. The first-order valence-electron chi connectivity index (χ1n) is 13.1. The number of primary amides is 1. The van der Waals surface area contributed by atoms with Gasteiger partial charge in [-0.2, -0.15) is 31.3 Å². The van der Waals surface area contributed by atoms with E-state index in [1.54, 1.807) is 11.1 Å². The van der Waals surface area contributed by atoms with Gasteiger partial charge >= 0.3 is 30.3 Å². The van der Waals surface area contributed by atoms with Crippen LogP contribution in [0.2, 0.25) is 5.02 Å². The van der Waals surface area contributed by atoms with Gasteiger partial charge in [0.15, 0.2) is 5.82 Å². The molecule has 19 heteroatoms. The lowest BCUT2D eigenvalue weighted by Crippen LogP contribution is -2.50. The van der Waals surface area contributed by atoms with Crippen LogP contribution in [0.15, 0.2) is 48.7 Å². The minimum absolute atomic E-state index is 0.357. The van der Waals surface area contributed by atoms with Crippen molar-refractivity contribution >= 4 is 58.4 Å². The number of benzene rings is 2. The molecule has 5 rings (SSSR count). The average Bonchev–Trinajstić information content (AvgIpc) is 2.98. The summed E-state index contributed by atoms with van der Waals surface area (Å²) in [5.41, 5.74) is 10.9. The molecule has 2 aromatic carbocycles. The van der Waals surface area contributed by atoms with E-state index in [0.29, 0.717) is 29.9 Å². The van der Waals surface area contributed by atoms with Crippen LogP contribution < -0.4 is 21.3 Å². The fraction of sp³-hybridized carbons (Fsp3) is 0.296. The molecular formula is C27H26ClF6N7O5. The molecule has 6 bridgehead atoms. The van der Waals surface area contributed by atoms with Gasteiger partial charge in [0, 0.05) is 43.2 Å². The number of aliphatic carboxylic acids is 2. The Hall–Kier alpha value is -5.00. The monoisotopic (exact) mass is 677 g/mol. The van der Waals surface area contributed by atoms with Crippen LogP contribution in [0.25, 0.3) is 0 Å². The molecular weight excluding hydrogens is 652 g/mol. The fourth-order valence-corrected chi connectivity index (χ4v) is 4.34. The minimum Gasteiger partial charge on any atom is -0.475 e. The Morgan fingerprint density at radius 3 is 2.00 bits per heavy atom. The molecule has 0 spiro atoms. The Morgan fingerprint density at radius 1 is 0.848 bits per heavy atom. The molecule has 0 radical (unpaired) electrons. The number of urea groups is 1. The first kappa shape index (κ1) is 35.5. The number of carbonyl (C=O) groups excluding carboxylic acids is 1. The van der Waals surface area contributed by atoms with Gasteiger partial charge in [-0.15, -0.1) is 0 Å². The summed E-state index contributed by atoms with van der Waals surface area (Å²) in [6.45, 7) is 2.76. The molecule has 0 unspecified atom stereocenters. The maximum atomic E-state index is 11.5. The lowest BCUT2D eigenvalue weighted by molar-refractivity contribution is -0.193. The quantitative estimate of drug-likeness (QED) is 0.216. The second kappa shape index (κ2) is 14.9. The molecule has 12 nitrogen and oxygen atoms in total. The fourth-order valence-electron chi connectivity index (χ4n) is 4.20. The lowest BCUT2D eigenvalue weighted by atomic mass is 10.0. The largest absolute Gasteiger partial charge is 0.490 e. The van der Waals surface area contributed by atoms with Crippen LogP contribution in [0.4, 0.5) is 60.0 Å². The Balaban J connectivity index is 0.000000345. The summed E-state index contributed by atoms with van der Waals surface area (Å²) in [6.07, 6.45) is -6.80. The van der Waals surface area contributed by atoms with E-state index in [1.807, 2.05) is 18.2 Å². The normalized spacial score (nSPS) is 14.2. The van der Waals surface area contributed by atoms with Gasteiger partial charge in [0.1, 0.15) is 5.02 Å². The molecule has 248 valence electrons. The summed E-state index contributed by atoms with van der Waals surface area (Å²) in [7, 11) is 0. The molecule has 2 aliphatic heterocycles. The minimum atomic E-state index is -5.08. The number of aromatic nitrogens is 2. The summed E-state index contributed by atoms with van der Waals surface area (Å²) >= 11 is 6.36. The number of nitrogens with zero attached hydrogens (tertiary/aromatic N) is 4. The van der Waals surface area contributed by atoms with Crippen LogP contribution in [0.1, 0.15) is 11.1 Å². The van der Waals surface area contributed by atoms with E-state index in [4.69, 9.17) is 37.1 Å². The van der Waals surface area contributed by atoms with Gasteiger partial charge in [-0.25, -0.2) is 19.4 Å². The molecule has 0 aliphatic carbocycles. The highest BCUT2D eigenvalue weighted by molar-refractivity contribution is 6.32. The summed E-state index contributed by atoms with van der Waals surface area (Å²) in [5, 5.41) is 21.3. The summed E-state index contributed by atoms with van der Waals surface area (Å²) in [4.78, 5) is 42.2. The SMILES string of the molecule is NC(=O)N1CCN(c2ccc3cc2CCc2cccc(c2)Nc2ncc(Cl)c(n2)N3)CC1.O=C(O)C(F)(F)F.O=C(O)C(F)(F)F. The van der Waals surface area contributed by atoms with Gasteiger partial charge in [0.25, 0.3) is 0 Å². The third kappa shape index (κ3) is 10.3. The number of carboxylic acids is 2.